The van der Waals surface area contributed by atoms with Gasteiger partial charge in [0.2, 0.25) is 0 Å². The first-order valence-electron chi connectivity index (χ1n) is 17.7. The Hall–Kier alpha value is -6.38. The topological polar surface area (TPSA) is 16.4 Å². The summed E-state index contributed by atoms with van der Waals surface area (Å²) >= 11 is 0. The maximum Gasteiger partial charge on any atom is 0.136 e. The molecule has 242 valence electrons. The molecule has 0 aliphatic heterocycles. The minimum Gasteiger partial charge on any atom is -0.456 e. The van der Waals surface area contributed by atoms with Crippen LogP contribution in [0.25, 0.3) is 66.1 Å². The van der Waals surface area contributed by atoms with Gasteiger partial charge in [0, 0.05) is 33.1 Å². The van der Waals surface area contributed by atoms with Crippen LogP contribution < -0.4 is 4.90 Å². The Morgan fingerprint density at radius 1 is 0.412 bits per heavy atom. The van der Waals surface area contributed by atoms with Crippen molar-refractivity contribution in [1.29, 1.82) is 0 Å². The summed E-state index contributed by atoms with van der Waals surface area (Å²) in [4.78, 5) is 2.42. The van der Waals surface area contributed by atoms with Gasteiger partial charge in [0.15, 0.2) is 0 Å². The summed E-state index contributed by atoms with van der Waals surface area (Å²) in [5.41, 5.74) is 15.2. The highest BCUT2D eigenvalue weighted by Crippen LogP contribution is 2.51. The first kappa shape index (κ1) is 29.5. The first-order valence-corrected chi connectivity index (χ1v) is 17.7. The summed E-state index contributed by atoms with van der Waals surface area (Å²) in [6.45, 7) is 4.68. The molecule has 2 nitrogen and oxygen atoms in total. The Kier molecular flexibility index (Phi) is 6.56. The molecule has 2 heteroatoms. The second-order valence-electron chi connectivity index (χ2n) is 14.1. The molecule has 0 unspecified atom stereocenters. The molecule has 0 spiro atoms. The molecule has 0 bridgehead atoms. The van der Waals surface area contributed by atoms with Gasteiger partial charge in [-0.1, -0.05) is 147 Å². The predicted octanol–water partition coefficient (Wildman–Crippen LogP) is 13.8. The van der Waals surface area contributed by atoms with Crippen LogP contribution in [0.5, 0.6) is 0 Å². The molecule has 0 saturated carbocycles. The highest BCUT2D eigenvalue weighted by atomic mass is 16.3. The zero-order valence-corrected chi connectivity index (χ0v) is 28.6. The van der Waals surface area contributed by atoms with Gasteiger partial charge >= 0.3 is 0 Å². The molecule has 1 aromatic heterocycles. The molecule has 51 heavy (non-hydrogen) atoms. The summed E-state index contributed by atoms with van der Waals surface area (Å²) < 4.78 is 6.42. The van der Waals surface area contributed by atoms with Crippen LogP contribution in [-0.2, 0) is 5.41 Å². The highest BCUT2D eigenvalue weighted by Gasteiger charge is 2.35. The van der Waals surface area contributed by atoms with Crippen LogP contribution in [0.2, 0.25) is 0 Å². The molecular weight excluding hydrogens is 619 g/mol. The van der Waals surface area contributed by atoms with Gasteiger partial charge < -0.3 is 9.32 Å². The molecule has 0 N–H and O–H groups in total. The average molecular weight is 654 g/mol. The van der Waals surface area contributed by atoms with Gasteiger partial charge in [0.1, 0.15) is 11.2 Å². The van der Waals surface area contributed by atoms with Crippen LogP contribution in [0.1, 0.15) is 25.0 Å². The third-order valence-electron chi connectivity index (χ3n) is 10.9. The fourth-order valence-corrected chi connectivity index (χ4v) is 8.42. The lowest BCUT2D eigenvalue weighted by Gasteiger charge is -2.29. The van der Waals surface area contributed by atoms with E-state index in [1.165, 1.54) is 49.5 Å². The number of furan rings is 1. The minimum absolute atomic E-state index is 0.0530. The largest absolute Gasteiger partial charge is 0.456 e. The van der Waals surface area contributed by atoms with E-state index in [0.717, 1.165) is 44.7 Å². The summed E-state index contributed by atoms with van der Waals surface area (Å²) in [6.07, 6.45) is 0. The molecular formula is C49H35NO. The Bertz CT molecular complexity index is 2770. The van der Waals surface area contributed by atoms with E-state index in [0.29, 0.717) is 0 Å². The Labute approximate surface area is 297 Å². The standard InChI is InChI=1S/C49H35NO/c1-49(2)43-21-11-8-18-38(43)42-30-35(28-29-44(42)49)50(45-22-12-9-16-36(45)32-14-4-3-5-15-32)34-26-24-33(25-27-34)41-31-47-48(39-19-7-6-17-37(39)41)40-20-10-13-23-46(40)51-47/h3-31H,1-2H3. The van der Waals surface area contributed by atoms with Gasteiger partial charge in [0.05, 0.1) is 5.69 Å². The number of para-hydroxylation sites is 2. The van der Waals surface area contributed by atoms with E-state index in [-0.39, 0.29) is 5.41 Å². The van der Waals surface area contributed by atoms with Crippen LogP contribution in [0, 0.1) is 0 Å². The predicted molar refractivity (Wildman–Crippen MR) is 214 cm³/mol. The van der Waals surface area contributed by atoms with Crippen molar-refractivity contribution in [2.24, 2.45) is 0 Å². The molecule has 0 radical (unpaired) electrons. The van der Waals surface area contributed by atoms with E-state index in [9.17, 15) is 0 Å². The monoisotopic (exact) mass is 653 g/mol. The number of benzene rings is 8. The number of fused-ring (bicyclic) bond motifs is 8. The summed E-state index contributed by atoms with van der Waals surface area (Å²) in [5.74, 6) is 0. The Morgan fingerprint density at radius 2 is 1.02 bits per heavy atom. The lowest BCUT2D eigenvalue weighted by Crippen LogP contribution is -2.15. The zero-order chi connectivity index (χ0) is 34.1. The van der Waals surface area contributed by atoms with E-state index < -0.39 is 0 Å². The number of rotatable bonds is 5. The van der Waals surface area contributed by atoms with Gasteiger partial charge in [-0.05, 0) is 92.2 Å². The summed E-state index contributed by atoms with van der Waals surface area (Å²) in [7, 11) is 0. The zero-order valence-electron chi connectivity index (χ0n) is 28.6. The molecule has 0 fully saturated rings. The van der Waals surface area contributed by atoms with Crippen molar-refractivity contribution in [2.45, 2.75) is 19.3 Å². The van der Waals surface area contributed by atoms with Crippen molar-refractivity contribution in [1.82, 2.24) is 0 Å². The van der Waals surface area contributed by atoms with Crippen molar-refractivity contribution in [3.8, 4) is 33.4 Å². The second kappa shape index (κ2) is 11.3. The molecule has 0 saturated heterocycles. The Morgan fingerprint density at radius 3 is 1.84 bits per heavy atom. The maximum atomic E-state index is 6.42. The summed E-state index contributed by atoms with van der Waals surface area (Å²) in [6, 6.07) is 63.6. The third kappa shape index (κ3) is 4.57. The molecule has 1 aliphatic rings. The number of anilines is 3. The van der Waals surface area contributed by atoms with E-state index >= 15 is 0 Å². The van der Waals surface area contributed by atoms with E-state index in [4.69, 9.17) is 4.42 Å². The molecule has 10 rings (SSSR count). The van der Waals surface area contributed by atoms with Crippen LogP contribution in [-0.4, -0.2) is 0 Å². The lowest BCUT2D eigenvalue weighted by molar-refractivity contribution is 0.660. The normalized spacial score (nSPS) is 13.1. The smallest absolute Gasteiger partial charge is 0.136 e. The second-order valence-corrected chi connectivity index (χ2v) is 14.1. The molecule has 1 aliphatic carbocycles. The van der Waals surface area contributed by atoms with Gasteiger partial charge in [-0.25, -0.2) is 0 Å². The quantitative estimate of drug-likeness (QED) is 0.184. The molecule has 0 atom stereocenters. The average Bonchev–Trinajstić information content (AvgIpc) is 3.67. The highest BCUT2D eigenvalue weighted by molar-refractivity contribution is 6.22. The first-order chi connectivity index (χ1) is 25.1. The van der Waals surface area contributed by atoms with Crippen molar-refractivity contribution in [3.63, 3.8) is 0 Å². The number of hydrogen-bond acceptors (Lipinski definition) is 2. The lowest BCUT2D eigenvalue weighted by atomic mass is 9.82. The van der Waals surface area contributed by atoms with Crippen LogP contribution >= 0.6 is 0 Å². The maximum absolute atomic E-state index is 6.42. The van der Waals surface area contributed by atoms with E-state index in [2.05, 4.69) is 189 Å². The third-order valence-corrected chi connectivity index (χ3v) is 10.9. The van der Waals surface area contributed by atoms with Crippen molar-refractivity contribution < 1.29 is 4.42 Å². The van der Waals surface area contributed by atoms with Gasteiger partial charge in [-0.15, -0.1) is 0 Å². The SMILES string of the molecule is CC1(C)c2ccccc2-c2cc(N(c3ccc(-c4cc5oc6ccccc6c5c5ccccc45)cc3)c3ccccc3-c3ccccc3)ccc21. The number of hydrogen-bond donors (Lipinski definition) is 0. The van der Waals surface area contributed by atoms with Crippen molar-refractivity contribution in [2.75, 3.05) is 4.90 Å². The fraction of sp³-hybridized carbons (Fsp3) is 0.0612. The van der Waals surface area contributed by atoms with Crippen LogP contribution in [0.3, 0.4) is 0 Å². The molecule has 8 aromatic carbocycles. The van der Waals surface area contributed by atoms with Crippen LogP contribution in [0.15, 0.2) is 180 Å². The van der Waals surface area contributed by atoms with Crippen molar-refractivity contribution in [3.05, 3.63) is 187 Å². The molecule has 9 aromatic rings. The van der Waals surface area contributed by atoms with E-state index in [1.54, 1.807) is 0 Å². The Balaban J connectivity index is 1.16. The van der Waals surface area contributed by atoms with Gasteiger partial charge in [0.25, 0.3) is 0 Å². The van der Waals surface area contributed by atoms with E-state index in [1.807, 2.05) is 6.07 Å². The minimum atomic E-state index is -0.0530. The van der Waals surface area contributed by atoms with Crippen molar-refractivity contribution >= 4 is 49.8 Å². The van der Waals surface area contributed by atoms with Gasteiger partial charge in [-0.3, -0.25) is 0 Å². The number of nitrogens with zero attached hydrogens (tertiary/aromatic N) is 1. The fourth-order valence-electron chi connectivity index (χ4n) is 8.42. The molecule has 0 amide bonds. The van der Waals surface area contributed by atoms with Crippen LogP contribution in [0.4, 0.5) is 17.1 Å². The summed E-state index contributed by atoms with van der Waals surface area (Å²) in [5, 5.41) is 4.75. The molecule has 1 heterocycles. The van der Waals surface area contributed by atoms with Gasteiger partial charge in [-0.2, -0.15) is 0 Å².